The van der Waals surface area contributed by atoms with Crippen LogP contribution in [-0.4, -0.2) is 4.98 Å². The summed E-state index contributed by atoms with van der Waals surface area (Å²) < 4.78 is 0. The van der Waals surface area contributed by atoms with Crippen LogP contribution in [0, 0.1) is 11.3 Å². The predicted molar refractivity (Wildman–Crippen MR) is 94.3 cm³/mol. The predicted octanol–water partition coefficient (Wildman–Crippen LogP) is 6.31. The Labute approximate surface area is 134 Å². The molecule has 1 aliphatic rings. The summed E-state index contributed by atoms with van der Waals surface area (Å²) in [5.41, 5.74) is 1.95. The molecule has 1 saturated carbocycles. The van der Waals surface area contributed by atoms with Gasteiger partial charge in [-0.1, -0.05) is 53.7 Å². The Kier molecular flexibility index (Phi) is 5.29. The highest BCUT2D eigenvalue weighted by atomic mass is 32.1. The Bertz CT molecular complexity index is 490. The summed E-state index contributed by atoms with van der Waals surface area (Å²) in [5.74, 6) is 1.90. The number of hydrogen-bond acceptors (Lipinski definition) is 2. The van der Waals surface area contributed by atoms with Crippen LogP contribution in [0.4, 0.5) is 0 Å². The normalized spacial score (nSPS) is 17.6. The summed E-state index contributed by atoms with van der Waals surface area (Å²) in [6, 6.07) is 0. The molecule has 2 heteroatoms. The van der Waals surface area contributed by atoms with Crippen molar-refractivity contribution in [2.24, 2.45) is 11.3 Å². The second-order valence-electron chi connectivity index (χ2n) is 7.57. The van der Waals surface area contributed by atoms with E-state index in [1.54, 1.807) is 0 Å². The first-order valence-corrected chi connectivity index (χ1v) is 9.32. The van der Waals surface area contributed by atoms with Gasteiger partial charge in [-0.2, -0.15) is 0 Å². The Hall–Kier alpha value is -0.630. The van der Waals surface area contributed by atoms with Crippen LogP contribution < -0.4 is 0 Å². The molecule has 0 radical (unpaired) electrons. The van der Waals surface area contributed by atoms with E-state index < -0.39 is 0 Å². The molecule has 1 aliphatic carbocycles. The lowest BCUT2D eigenvalue weighted by Crippen LogP contribution is -2.07. The molecule has 1 heterocycles. The third-order valence-corrected chi connectivity index (χ3v) is 6.29. The first-order chi connectivity index (χ1) is 9.85. The van der Waals surface area contributed by atoms with Crippen LogP contribution in [0.1, 0.15) is 88.2 Å². The SMILES string of the molecule is CC(C)c1nc(C(C)C)c(C/C=C\CC2(C(C)C)CC2)s1. The van der Waals surface area contributed by atoms with E-state index in [-0.39, 0.29) is 0 Å². The molecule has 0 amide bonds. The number of thiazole rings is 1. The van der Waals surface area contributed by atoms with Gasteiger partial charge < -0.3 is 0 Å². The molecular weight excluding hydrogens is 274 g/mol. The van der Waals surface area contributed by atoms with Crippen LogP contribution in [0.25, 0.3) is 0 Å². The van der Waals surface area contributed by atoms with Crippen molar-refractivity contribution >= 4 is 11.3 Å². The highest BCUT2D eigenvalue weighted by Crippen LogP contribution is 2.54. The fourth-order valence-corrected chi connectivity index (χ4v) is 4.11. The highest BCUT2D eigenvalue weighted by molar-refractivity contribution is 7.11. The Balaban J connectivity index is 1.99. The largest absolute Gasteiger partial charge is 0.245 e. The zero-order valence-electron chi connectivity index (χ0n) is 14.6. The van der Waals surface area contributed by atoms with Crippen molar-refractivity contribution in [2.75, 3.05) is 0 Å². The second-order valence-corrected chi connectivity index (χ2v) is 8.68. The first kappa shape index (κ1) is 16.7. The number of nitrogens with zero attached hydrogens (tertiary/aromatic N) is 1. The number of allylic oxidation sites excluding steroid dienone is 2. The van der Waals surface area contributed by atoms with Gasteiger partial charge in [-0.25, -0.2) is 4.98 Å². The maximum absolute atomic E-state index is 4.86. The minimum atomic E-state index is 0.530. The van der Waals surface area contributed by atoms with E-state index in [0.29, 0.717) is 17.3 Å². The van der Waals surface area contributed by atoms with E-state index in [4.69, 9.17) is 4.98 Å². The molecule has 1 aromatic rings. The van der Waals surface area contributed by atoms with E-state index in [1.165, 1.54) is 34.8 Å². The van der Waals surface area contributed by atoms with Crippen LogP contribution >= 0.6 is 11.3 Å². The zero-order valence-corrected chi connectivity index (χ0v) is 15.4. The van der Waals surface area contributed by atoms with Gasteiger partial charge in [0.25, 0.3) is 0 Å². The van der Waals surface area contributed by atoms with Crippen molar-refractivity contribution < 1.29 is 0 Å². The fraction of sp³-hybridized carbons (Fsp3) is 0.737. The molecule has 1 fully saturated rings. The Morgan fingerprint density at radius 2 is 1.71 bits per heavy atom. The first-order valence-electron chi connectivity index (χ1n) is 8.50. The Morgan fingerprint density at radius 3 is 2.19 bits per heavy atom. The Morgan fingerprint density at radius 1 is 1.05 bits per heavy atom. The summed E-state index contributed by atoms with van der Waals surface area (Å²) in [5, 5.41) is 1.29. The number of aromatic nitrogens is 1. The van der Waals surface area contributed by atoms with Crippen molar-refractivity contribution in [3.8, 4) is 0 Å². The summed E-state index contributed by atoms with van der Waals surface area (Å²) >= 11 is 1.91. The minimum absolute atomic E-state index is 0.530. The third-order valence-electron chi connectivity index (χ3n) is 4.90. The lowest BCUT2D eigenvalue weighted by molar-refractivity contribution is 0.363. The monoisotopic (exact) mass is 305 g/mol. The molecule has 2 rings (SSSR count). The molecule has 1 aromatic heterocycles. The number of rotatable bonds is 7. The van der Waals surface area contributed by atoms with E-state index in [2.05, 4.69) is 53.7 Å². The lowest BCUT2D eigenvalue weighted by Gasteiger charge is -2.16. The third kappa shape index (κ3) is 3.97. The fourth-order valence-electron chi connectivity index (χ4n) is 2.91. The summed E-state index contributed by atoms with van der Waals surface area (Å²) in [6.45, 7) is 13.7. The van der Waals surface area contributed by atoms with Gasteiger partial charge in [0, 0.05) is 17.2 Å². The maximum Gasteiger partial charge on any atom is 0.0956 e. The van der Waals surface area contributed by atoms with Gasteiger partial charge in [-0.3, -0.25) is 0 Å². The zero-order chi connectivity index (χ0) is 15.6. The summed E-state index contributed by atoms with van der Waals surface area (Å²) in [4.78, 5) is 6.33. The average molecular weight is 306 g/mol. The number of hydrogen-bond donors (Lipinski definition) is 0. The van der Waals surface area contributed by atoms with Gasteiger partial charge in [0.05, 0.1) is 10.7 Å². The molecule has 0 bridgehead atoms. The van der Waals surface area contributed by atoms with Gasteiger partial charge in [-0.15, -0.1) is 11.3 Å². The average Bonchev–Trinajstić information content (AvgIpc) is 3.06. The summed E-state index contributed by atoms with van der Waals surface area (Å²) in [6.07, 6.45) is 9.97. The molecular formula is C19H31NS. The van der Waals surface area contributed by atoms with Crippen LogP contribution in [0.5, 0.6) is 0 Å². The molecule has 0 spiro atoms. The van der Waals surface area contributed by atoms with Crippen LogP contribution in [0.2, 0.25) is 0 Å². The standard InChI is InChI=1S/C19H31NS/c1-13(2)17-16(21-18(20-17)14(3)4)9-7-8-10-19(11-12-19)15(5)6/h7-8,13-15H,9-12H2,1-6H3/b8-7-. The maximum atomic E-state index is 4.86. The van der Waals surface area contributed by atoms with E-state index in [0.717, 1.165) is 12.3 Å². The van der Waals surface area contributed by atoms with Crippen molar-refractivity contribution in [3.05, 3.63) is 27.7 Å². The van der Waals surface area contributed by atoms with Crippen molar-refractivity contribution in [2.45, 2.75) is 79.1 Å². The van der Waals surface area contributed by atoms with E-state index >= 15 is 0 Å². The second kappa shape index (κ2) is 6.64. The van der Waals surface area contributed by atoms with Crippen molar-refractivity contribution in [1.29, 1.82) is 0 Å². The van der Waals surface area contributed by atoms with Gasteiger partial charge in [0.15, 0.2) is 0 Å². The molecule has 0 N–H and O–H groups in total. The summed E-state index contributed by atoms with van der Waals surface area (Å²) in [7, 11) is 0. The molecule has 1 nitrogen and oxygen atoms in total. The smallest absolute Gasteiger partial charge is 0.0956 e. The van der Waals surface area contributed by atoms with Crippen LogP contribution in [-0.2, 0) is 6.42 Å². The van der Waals surface area contributed by atoms with Gasteiger partial charge >= 0.3 is 0 Å². The molecule has 0 saturated heterocycles. The molecule has 21 heavy (non-hydrogen) atoms. The van der Waals surface area contributed by atoms with Gasteiger partial charge in [0.2, 0.25) is 0 Å². The van der Waals surface area contributed by atoms with E-state index in [9.17, 15) is 0 Å². The molecule has 0 unspecified atom stereocenters. The quantitative estimate of drug-likeness (QED) is 0.537. The molecule has 0 aliphatic heterocycles. The van der Waals surface area contributed by atoms with Crippen molar-refractivity contribution in [1.82, 2.24) is 4.98 Å². The molecule has 0 atom stereocenters. The van der Waals surface area contributed by atoms with Gasteiger partial charge in [0.1, 0.15) is 0 Å². The molecule has 0 aromatic carbocycles. The topological polar surface area (TPSA) is 12.9 Å². The van der Waals surface area contributed by atoms with Crippen molar-refractivity contribution in [3.63, 3.8) is 0 Å². The molecule has 118 valence electrons. The van der Waals surface area contributed by atoms with Crippen LogP contribution in [0.15, 0.2) is 12.2 Å². The van der Waals surface area contributed by atoms with Gasteiger partial charge in [-0.05, 0) is 36.5 Å². The highest BCUT2D eigenvalue weighted by Gasteiger charge is 2.43. The van der Waals surface area contributed by atoms with Crippen LogP contribution in [0.3, 0.4) is 0 Å². The lowest BCUT2D eigenvalue weighted by atomic mass is 9.89. The minimum Gasteiger partial charge on any atom is -0.245 e. The van der Waals surface area contributed by atoms with E-state index in [1.807, 2.05) is 11.3 Å².